The molecular formula is C17H25N5O2. The van der Waals surface area contributed by atoms with Gasteiger partial charge in [0.25, 0.3) is 5.69 Å². The van der Waals surface area contributed by atoms with Crippen LogP contribution >= 0.6 is 0 Å². The highest BCUT2D eigenvalue weighted by atomic mass is 16.6. The van der Waals surface area contributed by atoms with E-state index in [0.717, 1.165) is 43.5 Å². The number of aliphatic imine (C=N–C) groups is 1. The number of piperidine rings is 1. The monoisotopic (exact) mass is 331 g/mol. The quantitative estimate of drug-likeness (QED) is 0.373. The van der Waals surface area contributed by atoms with Crippen LogP contribution in [0.2, 0.25) is 0 Å². The van der Waals surface area contributed by atoms with Gasteiger partial charge in [-0.2, -0.15) is 0 Å². The highest BCUT2D eigenvalue weighted by molar-refractivity contribution is 5.80. The summed E-state index contributed by atoms with van der Waals surface area (Å²) in [7, 11) is 1.75. The minimum absolute atomic E-state index is 0.115. The van der Waals surface area contributed by atoms with E-state index in [1.54, 1.807) is 19.2 Å². The third-order valence-corrected chi connectivity index (χ3v) is 4.74. The van der Waals surface area contributed by atoms with Crippen LogP contribution in [0.3, 0.4) is 0 Å². The molecule has 0 atom stereocenters. The fraction of sp³-hybridized carbons (Fsp3) is 0.588. The number of benzene rings is 1. The largest absolute Gasteiger partial charge is 0.354 e. The maximum atomic E-state index is 10.8. The molecule has 0 bridgehead atoms. The number of nitrogens with zero attached hydrogens (tertiary/aromatic N) is 3. The fourth-order valence-corrected chi connectivity index (χ4v) is 3.20. The second-order valence-electron chi connectivity index (χ2n) is 6.54. The van der Waals surface area contributed by atoms with Crippen molar-refractivity contribution in [3.63, 3.8) is 0 Å². The first kappa shape index (κ1) is 16.7. The van der Waals surface area contributed by atoms with E-state index in [4.69, 9.17) is 0 Å². The molecule has 3 rings (SSSR count). The van der Waals surface area contributed by atoms with Gasteiger partial charge in [-0.15, -0.1) is 0 Å². The number of nitro groups is 1. The van der Waals surface area contributed by atoms with Crippen molar-refractivity contribution in [3.05, 3.63) is 39.9 Å². The highest BCUT2D eigenvalue weighted by Crippen LogP contribution is 2.29. The van der Waals surface area contributed by atoms with Crippen LogP contribution in [0.25, 0.3) is 0 Å². The van der Waals surface area contributed by atoms with E-state index >= 15 is 0 Å². The van der Waals surface area contributed by atoms with E-state index < -0.39 is 0 Å². The molecule has 1 heterocycles. The Bertz CT molecular complexity index is 607. The maximum absolute atomic E-state index is 10.8. The van der Waals surface area contributed by atoms with Crippen LogP contribution in [0.15, 0.2) is 29.3 Å². The molecule has 0 amide bonds. The number of likely N-dealkylation sites (tertiary alicyclic amines) is 1. The summed E-state index contributed by atoms with van der Waals surface area (Å²) in [5.41, 5.74) is 0.986. The standard InChI is InChI=1S/C17H25N5O2/c1-18-17(19-12-13-3-2-4-16(11-13)22(23)24)20-14-7-9-21(10-8-14)15-5-6-15/h2-4,11,14-15H,5-10,12H2,1H3,(H2,18,19,20). The SMILES string of the molecule is CN=C(NCc1cccc([N+](=O)[O-])c1)NC1CCN(C2CC2)CC1. The normalized spacial score (nSPS) is 20.0. The van der Waals surface area contributed by atoms with Crippen LogP contribution in [0.1, 0.15) is 31.2 Å². The van der Waals surface area contributed by atoms with Gasteiger partial charge in [-0.25, -0.2) is 0 Å². The molecule has 2 aliphatic rings. The van der Waals surface area contributed by atoms with E-state index in [9.17, 15) is 10.1 Å². The van der Waals surface area contributed by atoms with Gasteiger partial charge in [0.05, 0.1) is 4.92 Å². The summed E-state index contributed by atoms with van der Waals surface area (Å²) >= 11 is 0. The van der Waals surface area contributed by atoms with Crippen LogP contribution in [0.4, 0.5) is 5.69 Å². The Labute approximate surface area is 142 Å². The van der Waals surface area contributed by atoms with Gasteiger partial charge in [-0.3, -0.25) is 15.1 Å². The minimum Gasteiger partial charge on any atom is -0.354 e. The molecular weight excluding hydrogens is 306 g/mol. The molecule has 24 heavy (non-hydrogen) atoms. The number of guanidine groups is 1. The van der Waals surface area contributed by atoms with Gasteiger partial charge in [0.15, 0.2) is 5.96 Å². The summed E-state index contributed by atoms with van der Waals surface area (Å²) in [4.78, 5) is 17.3. The molecule has 0 aromatic heterocycles. The number of nitrogens with one attached hydrogen (secondary N) is 2. The molecule has 1 saturated heterocycles. The lowest BCUT2D eigenvalue weighted by molar-refractivity contribution is -0.384. The van der Waals surface area contributed by atoms with Crippen molar-refractivity contribution < 1.29 is 4.92 Å². The molecule has 1 aliphatic carbocycles. The van der Waals surface area contributed by atoms with Gasteiger partial charge in [0.1, 0.15) is 0 Å². The van der Waals surface area contributed by atoms with Crippen molar-refractivity contribution in [2.75, 3.05) is 20.1 Å². The van der Waals surface area contributed by atoms with Gasteiger partial charge < -0.3 is 15.5 Å². The summed E-state index contributed by atoms with van der Waals surface area (Å²) in [6.45, 7) is 2.83. The molecule has 2 fully saturated rings. The van der Waals surface area contributed by atoms with Crippen LogP contribution in [0, 0.1) is 10.1 Å². The number of non-ortho nitro benzene ring substituents is 1. The van der Waals surface area contributed by atoms with Crippen LogP contribution < -0.4 is 10.6 Å². The van der Waals surface area contributed by atoms with E-state index in [1.807, 2.05) is 6.07 Å². The molecule has 0 spiro atoms. The summed E-state index contributed by atoms with van der Waals surface area (Å²) in [6.07, 6.45) is 5.00. The minimum atomic E-state index is -0.371. The predicted molar refractivity (Wildman–Crippen MR) is 94.0 cm³/mol. The maximum Gasteiger partial charge on any atom is 0.269 e. The average Bonchev–Trinajstić information content (AvgIpc) is 3.44. The third-order valence-electron chi connectivity index (χ3n) is 4.74. The van der Waals surface area contributed by atoms with Gasteiger partial charge in [-0.05, 0) is 31.2 Å². The smallest absolute Gasteiger partial charge is 0.269 e. The zero-order valence-corrected chi connectivity index (χ0v) is 14.1. The van der Waals surface area contributed by atoms with Gasteiger partial charge in [0, 0.05) is 50.9 Å². The third kappa shape index (κ3) is 4.44. The Kier molecular flexibility index (Phi) is 5.30. The molecule has 0 unspecified atom stereocenters. The molecule has 0 radical (unpaired) electrons. The molecule has 1 aromatic carbocycles. The molecule has 1 aromatic rings. The Balaban J connectivity index is 1.46. The first-order chi connectivity index (χ1) is 11.7. The first-order valence-electron chi connectivity index (χ1n) is 8.60. The Morgan fingerprint density at radius 2 is 2.08 bits per heavy atom. The Morgan fingerprint density at radius 3 is 2.71 bits per heavy atom. The number of nitro benzene ring substituents is 1. The van der Waals surface area contributed by atoms with E-state index in [0.29, 0.717) is 12.6 Å². The Morgan fingerprint density at radius 1 is 1.33 bits per heavy atom. The van der Waals surface area contributed by atoms with Gasteiger partial charge in [-0.1, -0.05) is 12.1 Å². The lowest BCUT2D eigenvalue weighted by atomic mass is 10.1. The number of rotatable bonds is 5. The molecule has 2 N–H and O–H groups in total. The van der Waals surface area contributed by atoms with Crippen molar-refractivity contribution in [3.8, 4) is 0 Å². The second kappa shape index (κ2) is 7.61. The van der Waals surface area contributed by atoms with Crippen LogP contribution in [-0.2, 0) is 6.54 Å². The van der Waals surface area contributed by atoms with Crippen molar-refractivity contribution in [1.29, 1.82) is 0 Å². The first-order valence-corrected chi connectivity index (χ1v) is 8.60. The van der Waals surface area contributed by atoms with E-state index in [-0.39, 0.29) is 10.6 Å². The molecule has 7 heteroatoms. The van der Waals surface area contributed by atoms with Crippen LogP contribution in [-0.4, -0.2) is 48.0 Å². The number of hydrogen-bond acceptors (Lipinski definition) is 4. The zero-order chi connectivity index (χ0) is 16.9. The second-order valence-corrected chi connectivity index (χ2v) is 6.54. The lowest BCUT2D eigenvalue weighted by Gasteiger charge is -2.33. The zero-order valence-electron chi connectivity index (χ0n) is 14.1. The summed E-state index contributed by atoms with van der Waals surface area (Å²) < 4.78 is 0. The Hall–Kier alpha value is -2.15. The molecule has 130 valence electrons. The molecule has 7 nitrogen and oxygen atoms in total. The average molecular weight is 331 g/mol. The highest BCUT2D eigenvalue weighted by Gasteiger charge is 2.31. The van der Waals surface area contributed by atoms with Gasteiger partial charge >= 0.3 is 0 Å². The summed E-state index contributed by atoms with van der Waals surface area (Å²) in [6, 6.07) is 7.97. The molecule has 1 aliphatic heterocycles. The van der Waals surface area contributed by atoms with Crippen LogP contribution in [0.5, 0.6) is 0 Å². The van der Waals surface area contributed by atoms with Crippen molar-refractivity contribution >= 4 is 11.6 Å². The summed E-state index contributed by atoms with van der Waals surface area (Å²) in [5.74, 6) is 0.756. The number of hydrogen-bond donors (Lipinski definition) is 2. The molecule has 1 saturated carbocycles. The van der Waals surface area contributed by atoms with E-state index in [1.165, 1.54) is 18.9 Å². The topological polar surface area (TPSA) is 82.8 Å². The fourth-order valence-electron chi connectivity index (χ4n) is 3.20. The van der Waals surface area contributed by atoms with Gasteiger partial charge in [0.2, 0.25) is 0 Å². The van der Waals surface area contributed by atoms with Crippen molar-refractivity contribution in [1.82, 2.24) is 15.5 Å². The lowest BCUT2D eigenvalue weighted by Crippen LogP contribution is -2.48. The van der Waals surface area contributed by atoms with E-state index in [2.05, 4.69) is 20.5 Å². The van der Waals surface area contributed by atoms with Crippen molar-refractivity contribution in [2.45, 2.75) is 44.3 Å². The predicted octanol–water partition coefficient (Wildman–Crippen LogP) is 1.89. The van der Waals surface area contributed by atoms with Crippen molar-refractivity contribution in [2.24, 2.45) is 4.99 Å². The summed E-state index contributed by atoms with van der Waals surface area (Å²) in [5, 5.41) is 17.6.